The highest BCUT2D eigenvalue weighted by Crippen LogP contribution is 2.43. The van der Waals surface area contributed by atoms with Gasteiger partial charge in [0.2, 0.25) is 0 Å². The normalized spacial score (nSPS) is 13.3. The van der Waals surface area contributed by atoms with Crippen molar-refractivity contribution >= 4 is 32.3 Å². The molecule has 8 heteroatoms. The van der Waals surface area contributed by atoms with E-state index in [-0.39, 0.29) is 12.0 Å². The highest BCUT2D eigenvalue weighted by atomic mass is 32.2. The first-order chi connectivity index (χ1) is 22.6. The molecule has 0 fully saturated rings. The lowest BCUT2D eigenvalue weighted by Gasteiger charge is -2.19. The van der Waals surface area contributed by atoms with Gasteiger partial charge in [-0.3, -0.25) is 0 Å². The average molecular weight is 617 g/mol. The van der Waals surface area contributed by atoms with Gasteiger partial charge in [0.05, 0.1) is 22.1 Å². The summed E-state index contributed by atoms with van der Waals surface area (Å²) in [4.78, 5) is 9.35. The van der Waals surface area contributed by atoms with Crippen molar-refractivity contribution in [3.8, 4) is 56.5 Å². The van der Waals surface area contributed by atoms with Crippen LogP contribution in [0.4, 0.5) is 0 Å². The Hall–Kier alpha value is -5.99. The Labute approximate surface area is 264 Å². The molecule has 0 unspecified atom stereocenters. The third-order valence-corrected chi connectivity index (χ3v) is 10.1. The van der Waals surface area contributed by atoms with Crippen molar-refractivity contribution in [2.24, 2.45) is 0 Å². The topological polar surface area (TPSA) is 79.0 Å². The number of hydrogen-bond donors (Lipinski definition) is 0. The smallest absolute Gasteiger partial charge is 0.342 e. The molecule has 6 aromatic carbocycles. The molecule has 0 spiro atoms. The van der Waals surface area contributed by atoms with Gasteiger partial charge in [-0.2, -0.15) is 26.3 Å². The second-order valence-electron chi connectivity index (χ2n) is 11.2. The second-order valence-corrected chi connectivity index (χ2v) is 12.8. The first-order valence-electron chi connectivity index (χ1n) is 14.8. The van der Waals surface area contributed by atoms with E-state index < -0.39 is 10.2 Å². The summed E-state index contributed by atoms with van der Waals surface area (Å²) in [6.07, 6.45) is 0. The monoisotopic (exact) mass is 616 g/mol. The molecule has 1 aliphatic rings. The SMILES string of the molecule is O=S1(=O)n2c(nc3cc(-c4ccccc4)c(-c4ccccc4)cc32)Oc2nc3cc(-c4ccccc4)c(-c4ccccc4)cc3n21. The Morgan fingerprint density at radius 3 is 1.07 bits per heavy atom. The quantitative estimate of drug-likeness (QED) is 0.197. The summed E-state index contributed by atoms with van der Waals surface area (Å²) in [6.45, 7) is 0. The van der Waals surface area contributed by atoms with Gasteiger partial charge in [-0.1, -0.05) is 121 Å². The van der Waals surface area contributed by atoms with Crippen LogP contribution in [0, 0.1) is 0 Å². The van der Waals surface area contributed by atoms with Crippen LogP contribution < -0.4 is 4.74 Å². The lowest BCUT2D eigenvalue weighted by atomic mass is 9.94. The van der Waals surface area contributed by atoms with Crippen molar-refractivity contribution in [2.75, 3.05) is 0 Å². The van der Waals surface area contributed by atoms with Crippen molar-refractivity contribution in [2.45, 2.75) is 0 Å². The molecule has 0 amide bonds. The summed E-state index contributed by atoms with van der Waals surface area (Å²) in [5, 5.41) is 0. The minimum atomic E-state index is -4.24. The van der Waals surface area contributed by atoms with Crippen LogP contribution in [0.3, 0.4) is 0 Å². The van der Waals surface area contributed by atoms with Gasteiger partial charge in [-0.25, -0.2) is 0 Å². The van der Waals surface area contributed by atoms with E-state index in [0.717, 1.165) is 44.5 Å². The maximum absolute atomic E-state index is 14.6. The molecule has 0 bridgehead atoms. The van der Waals surface area contributed by atoms with Crippen LogP contribution in [0.25, 0.3) is 66.6 Å². The molecule has 9 rings (SSSR count). The summed E-state index contributed by atoms with van der Waals surface area (Å²) >= 11 is 0. The highest BCUT2D eigenvalue weighted by Gasteiger charge is 2.37. The molecule has 220 valence electrons. The molecule has 7 nitrogen and oxygen atoms in total. The molecule has 0 atom stereocenters. The molecule has 1 aliphatic heterocycles. The van der Waals surface area contributed by atoms with Crippen LogP contribution in [-0.4, -0.2) is 26.3 Å². The minimum absolute atomic E-state index is 0.0476. The van der Waals surface area contributed by atoms with Gasteiger partial charge in [-0.05, 0) is 68.8 Å². The molecule has 2 aromatic heterocycles. The number of rotatable bonds is 4. The number of fused-ring (bicyclic) bond motifs is 6. The Morgan fingerprint density at radius 1 is 0.435 bits per heavy atom. The number of aromatic nitrogens is 4. The maximum Gasteiger partial charge on any atom is 0.342 e. The predicted molar refractivity (Wildman–Crippen MR) is 181 cm³/mol. The van der Waals surface area contributed by atoms with Gasteiger partial charge < -0.3 is 4.74 Å². The van der Waals surface area contributed by atoms with E-state index in [1.807, 2.05) is 146 Å². The summed E-state index contributed by atoms with van der Waals surface area (Å²) in [5.41, 5.74) is 9.43. The van der Waals surface area contributed by atoms with E-state index >= 15 is 0 Å². The molecule has 46 heavy (non-hydrogen) atoms. The lowest BCUT2D eigenvalue weighted by Crippen LogP contribution is -2.26. The van der Waals surface area contributed by atoms with E-state index in [0.29, 0.717) is 22.1 Å². The van der Waals surface area contributed by atoms with E-state index in [9.17, 15) is 8.42 Å². The summed E-state index contributed by atoms with van der Waals surface area (Å²) in [7, 11) is -4.24. The second kappa shape index (κ2) is 10.0. The Morgan fingerprint density at radius 2 is 0.739 bits per heavy atom. The van der Waals surface area contributed by atoms with Crippen molar-refractivity contribution in [1.29, 1.82) is 0 Å². The minimum Gasteiger partial charge on any atom is -0.389 e. The van der Waals surface area contributed by atoms with Crippen molar-refractivity contribution in [1.82, 2.24) is 17.9 Å². The van der Waals surface area contributed by atoms with E-state index in [2.05, 4.69) is 9.97 Å². The number of nitrogens with zero attached hydrogens (tertiary/aromatic N) is 4. The van der Waals surface area contributed by atoms with Crippen molar-refractivity contribution in [3.05, 3.63) is 146 Å². The largest absolute Gasteiger partial charge is 0.389 e. The van der Waals surface area contributed by atoms with Gasteiger partial charge in [0.1, 0.15) is 0 Å². The molecular formula is C38H24N4O3S. The summed E-state index contributed by atoms with van der Waals surface area (Å²) in [5.74, 6) is 0. The fourth-order valence-corrected chi connectivity index (χ4v) is 7.83. The molecule has 0 radical (unpaired) electrons. The highest BCUT2D eigenvalue weighted by molar-refractivity contribution is 7.89. The fourth-order valence-electron chi connectivity index (χ4n) is 6.33. The number of hydrogen-bond acceptors (Lipinski definition) is 5. The van der Waals surface area contributed by atoms with Crippen LogP contribution in [-0.2, 0) is 10.2 Å². The van der Waals surface area contributed by atoms with E-state index in [1.54, 1.807) is 0 Å². The van der Waals surface area contributed by atoms with Gasteiger partial charge in [0, 0.05) is 0 Å². The Bertz CT molecular complexity index is 2370. The zero-order chi connectivity index (χ0) is 30.8. The molecule has 8 aromatic rings. The third-order valence-electron chi connectivity index (χ3n) is 8.43. The molecule has 0 aliphatic carbocycles. The molecular weight excluding hydrogens is 593 g/mol. The van der Waals surface area contributed by atoms with Gasteiger partial charge >= 0.3 is 22.2 Å². The zero-order valence-electron chi connectivity index (χ0n) is 24.3. The van der Waals surface area contributed by atoms with Crippen LogP contribution in [0.1, 0.15) is 0 Å². The van der Waals surface area contributed by atoms with E-state index in [1.165, 1.54) is 7.94 Å². The van der Waals surface area contributed by atoms with Gasteiger partial charge in [0.15, 0.2) is 0 Å². The molecule has 3 heterocycles. The first kappa shape index (κ1) is 26.4. The molecule has 0 N–H and O–H groups in total. The molecule has 0 saturated heterocycles. The summed E-state index contributed by atoms with van der Waals surface area (Å²) in [6, 6.07) is 47.4. The number of ether oxygens (including phenoxy) is 1. The Balaban J connectivity index is 1.29. The molecule has 0 saturated carbocycles. The van der Waals surface area contributed by atoms with Crippen molar-refractivity contribution in [3.63, 3.8) is 0 Å². The lowest BCUT2D eigenvalue weighted by molar-refractivity contribution is 0.389. The fraction of sp³-hybridized carbons (Fsp3) is 0. The van der Waals surface area contributed by atoms with E-state index in [4.69, 9.17) is 4.74 Å². The van der Waals surface area contributed by atoms with Gasteiger partial charge in [-0.15, -0.1) is 0 Å². The van der Waals surface area contributed by atoms with Crippen LogP contribution in [0.2, 0.25) is 0 Å². The first-order valence-corrected chi connectivity index (χ1v) is 16.2. The average Bonchev–Trinajstić information content (AvgIpc) is 3.66. The predicted octanol–water partition coefficient (Wildman–Crippen LogP) is 8.80. The van der Waals surface area contributed by atoms with Crippen LogP contribution in [0.5, 0.6) is 12.0 Å². The van der Waals surface area contributed by atoms with Crippen LogP contribution in [0.15, 0.2) is 146 Å². The zero-order valence-corrected chi connectivity index (χ0v) is 25.1. The Kier molecular flexibility index (Phi) is 5.75. The summed E-state index contributed by atoms with van der Waals surface area (Å²) < 4.78 is 37.8. The van der Waals surface area contributed by atoms with Crippen LogP contribution >= 0.6 is 0 Å². The standard InChI is InChI=1S/C38H24N4O3S/c43-46(44)41-35-23-31(27-17-9-3-10-18-27)29(25-13-5-1-6-14-25)21-33(35)39-37(41)45-38-40-34-22-30(26-15-7-2-8-16-26)32(24-36(34)42(38)46)28-19-11-4-12-20-28/h1-24H. The third kappa shape index (κ3) is 4.01. The van der Waals surface area contributed by atoms with Crippen molar-refractivity contribution < 1.29 is 13.2 Å². The number of imidazole rings is 2. The maximum atomic E-state index is 14.6. The number of benzene rings is 6. The van der Waals surface area contributed by atoms with Gasteiger partial charge in [0.25, 0.3) is 0 Å².